The summed E-state index contributed by atoms with van der Waals surface area (Å²) in [5.74, 6) is -0.338. The normalized spacial score (nSPS) is 17.2. The highest BCUT2D eigenvalue weighted by molar-refractivity contribution is 14.1. The van der Waals surface area contributed by atoms with Crippen molar-refractivity contribution in [3.63, 3.8) is 0 Å². The minimum Gasteiger partial charge on any atom is -0.475 e. The van der Waals surface area contributed by atoms with E-state index >= 15 is 0 Å². The van der Waals surface area contributed by atoms with E-state index in [9.17, 15) is 17.6 Å². The third-order valence-electron chi connectivity index (χ3n) is 5.41. The Labute approximate surface area is 187 Å². The first-order valence-corrected chi connectivity index (χ1v) is 12.2. The number of hydrogen-bond donors (Lipinski definition) is 1. The lowest BCUT2D eigenvalue weighted by atomic mass is 9.92. The van der Waals surface area contributed by atoms with Gasteiger partial charge in [0.2, 0.25) is 15.9 Å². The zero-order chi connectivity index (χ0) is 21.7. The highest BCUT2D eigenvalue weighted by atomic mass is 127. The molecule has 3 heterocycles. The second-order valence-electron chi connectivity index (χ2n) is 8.17. The predicted molar refractivity (Wildman–Crippen MR) is 119 cm³/mol. The molecule has 0 atom stereocenters. The fraction of sp³-hybridized carbons (Fsp3) is 0.450. The number of halogens is 2. The first-order chi connectivity index (χ1) is 14.1. The van der Waals surface area contributed by atoms with Crippen LogP contribution < -0.4 is 15.0 Å². The molecule has 2 aromatic rings. The Morgan fingerprint density at radius 2 is 2.07 bits per heavy atom. The summed E-state index contributed by atoms with van der Waals surface area (Å²) in [6.07, 6.45) is 0.0687. The molecule has 0 spiro atoms. The smallest absolute Gasteiger partial charge is 0.256 e. The first-order valence-electron chi connectivity index (χ1n) is 9.50. The van der Waals surface area contributed by atoms with Crippen LogP contribution in [0.5, 0.6) is 5.88 Å². The van der Waals surface area contributed by atoms with Gasteiger partial charge >= 0.3 is 0 Å². The summed E-state index contributed by atoms with van der Waals surface area (Å²) in [5, 5.41) is 0. The number of benzene rings is 1. The third kappa shape index (κ3) is 4.09. The van der Waals surface area contributed by atoms with Crippen LogP contribution in [0.1, 0.15) is 23.6 Å². The molecule has 30 heavy (non-hydrogen) atoms. The van der Waals surface area contributed by atoms with E-state index in [1.54, 1.807) is 19.1 Å². The summed E-state index contributed by atoms with van der Waals surface area (Å²) >= 11 is 2.02. The van der Waals surface area contributed by atoms with Crippen molar-refractivity contribution in [3.8, 4) is 5.88 Å². The molecule has 1 saturated heterocycles. The van der Waals surface area contributed by atoms with Crippen molar-refractivity contribution in [2.24, 2.45) is 5.41 Å². The molecule has 162 valence electrons. The Morgan fingerprint density at radius 3 is 2.70 bits per heavy atom. The van der Waals surface area contributed by atoms with Gasteiger partial charge in [0.25, 0.3) is 5.56 Å². The van der Waals surface area contributed by atoms with E-state index in [2.05, 4.69) is 4.72 Å². The Hall–Kier alpha value is -1.66. The summed E-state index contributed by atoms with van der Waals surface area (Å²) < 4.78 is 56.0. The summed E-state index contributed by atoms with van der Waals surface area (Å²) in [7, 11) is -3.76. The summed E-state index contributed by atoms with van der Waals surface area (Å²) in [6.45, 7) is 4.84. The second kappa shape index (κ2) is 7.79. The van der Waals surface area contributed by atoms with Crippen molar-refractivity contribution in [2.45, 2.75) is 26.8 Å². The lowest BCUT2D eigenvalue weighted by Gasteiger charge is -2.37. The maximum Gasteiger partial charge on any atom is 0.256 e. The fourth-order valence-corrected chi connectivity index (χ4v) is 5.96. The van der Waals surface area contributed by atoms with Crippen molar-refractivity contribution in [2.75, 3.05) is 30.3 Å². The zero-order valence-electron chi connectivity index (χ0n) is 16.6. The molecule has 4 rings (SSSR count). The minimum atomic E-state index is -3.76. The molecule has 1 aromatic heterocycles. The average molecular weight is 548 g/mol. The van der Waals surface area contributed by atoms with Gasteiger partial charge in [0, 0.05) is 21.0 Å². The Kier molecular flexibility index (Phi) is 5.60. The molecule has 1 aromatic carbocycles. The molecule has 0 radical (unpaired) electrons. The minimum absolute atomic E-state index is 0.0687. The van der Waals surface area contributed by atoms with Crippen LogP contribution in [0.15, 0.2) is 23.0 Å². The molecule has 1 fully saturated rings. The van der Waals surface area contributed by atoms with Crippen molar-refractivity contribution < 1.29 is 22.3 Å². The van der Waals surface area contributed by atoms with Gasteiger partial charge in [-0.1, -0.05) is 13.0 Å². The zero-order valence-corrected chi connectivity index (χ0v) is 19.6. The SMILES string of the molecule is Cc1c(Cc2ccc(I)cc2F)c(NS(=O)(=O)CC2(C)COC2)c2n(c1=O)CCO2. The van der Waals surface area contributed by atoms with Gasteiger partial charge in [-0.05, 0) is 52.8 Å². The van der Waals surface area contributed by atoms with Crippen LogP contribution >= 0.6 is 22.6 Å². The number of rotatable bonds is 6. The molecular formula is C20H22FIN2O5S. The second-order valence-corrected chi connectivity index (χ2v) is 11.1. The average Bonchev–Trinajstić information content (AvgIpc) is 3.12. The molecule has 0 saturated carbocycles. The van der Waals surface area contributed by atoms with E-state index in [1.165, 1.54) is 10.6 Å². The van der Waals surface area contributed by atoms with E-state index in [-0.39, 0.29) is 35.9 Å². The maximum absolute atomic E-state index is 14.5. The van der Waals surface area contributed by atoms with E-state index in [4.69, 9.17) is 9.47 Å². The number of anilines is 1. The van der Waals surface area contributed by atoms with Gasteiger partial charge in [-0.15, -0.1) is 0 Å². The van der Waals surface area contributed by atoms with Crippen molar-refractivity contribution >= 4 is 38.3 Å². The predicted octanol–water partition coefficient (Wildman–Crippen LogP) is 2.66. The van der Waals surface area contributed by atoms with Gasteiger partial charge < -0.3 is 9.47 Å². The number of fused-ring (bicyclic) bond motifs is 1. The molecule has 0 unspecified atom stereocenters. The highest BCUT2D eigenvalue weighted by Crippen LogP contribution is 2.36. The van der Waals surface area contributed by atoms with Crippen LogP contribution in [0.4, 0.5) is 10.1 Å². The number of pyridine rings is 1. The van der Waals surface area contributed by atoms with Gasteiger partial charge in [0.05, 0.1) is 25.5 Å². The van der Waals surface area contributed by atoms with Gasteiger partial charge in [-0.2, -0.15) is 0 Å². The number of ether oxygens (including phenoxy) is 2. The van der Waals surface area contributed by atoms with E-state index in [0.717, 1.165) is 3.57 Å². The molecule has 2 aliphatic rings. The summed E-state index contributed by atoms with van der Waals surface area (Å²) in [4.78, 5) is 12.8. The lowest BCUT2D eigenvalue weighted by molar-refractivity contribution is -0.0869. The highest BCUT2D eigenvalue weighted by Gasteiger charge is 2.39. The number of nitrogens with zero attached hydrogens (tertiary/aromatic N) is 1. The first kappa shape index (κ1) is 21.6. The van der Waals surface area contributed by atoms with Gasteiger partial charge in [0.15, 0.2) is 0 Å². The van der Waals surface area contributed by atoms with Gasteiger partial charge in [-0.25, -0.2) is 12.8 Å². The van der Waals surface area contributed by atoms with E-state index in [0.29, 0.717) is 36.4 Å². The van der Waals surface area contributed by atoms with Crippen molar-refractivity contribution in [3.05, 3.63) is 54.6 Å². The van der Waals surface area contributed by atoms with E-state index < -0.39 is 21.3 Å². The number of hydrogen-bond acceptors (Lipinski definition) is 5. The lowest BCUT2D eigenvalue weighted by Crippen LogP contribution is -2.46. The molecule has 0 aliphatic carbocycles. The third-order valence-corrected chi connectivity index (χ3v) is 7.68. The van der Waals surface area contributed by atoms with Gasteiger partial charge in [-0.3, -0.25) is 14.1 Å². The molecule has 10 heteroatoms. The van der Waals surface area contributed by atoms with Crippen LogP contribution in [0.3, 0.4) is 0 Å². The van der Waals surface area contributed by atoms with Gasteiger partial charge in [0.1, 0.15) is 18.1 Å². The number of sulfonamides is 1. The van der Waals surface area contributed by atoms with Crippen LogP contribution in [-0.4, -0.2) is 38.6 Å². The maximum atomic E-state index is 14.5. The quantitative estimate of drug-likeness (QED) is 0.562. The number of nitrogens with one attached hydrogen (secondary N) is 1. The topological polar surface area (TPSA) is 86.6 Å². The standard InChI is InChI=1S/C20H22FIN2O5S/c1-12-15(7-13-3-4-14(22)8-16(13)21)17(19-24(18(12)25)5-6-29-19)23-30(26,27)11-20(2)9-28-10-20/h3-4,8,23H,5-7,9-11H2,1-2H3. The van der Waals surface area contributed by atoms with Crippen LogP contribution in [0.25, 0.3) is 0 Å². The molecule has 2 aliphatic heterocycles. The largest absolute Gasteiger partial charge is 0.475 e. The molecule has 0 amide bonds. The van der Waals surface area contributed by atoms with Crippen molar-refractivity contribution in [1.82, 2.24) is 4.57 Å². The molecule has 1 N–H and O–H groups in total. The van der Waals surface area contributed by atoms with E-state index in [1.807, 2.05) is 29.5 Å². The molecule has 7 nitrogen and oxygen atoms in total. The molecular weight excluding hydrogens is 526 g/mol. The Bertz CT molecular complexity index is 1170. The number of aromatic nitrogens is 1. The fourth-order valence-electron chi connectivity index (χ4n) is 3.83. The summed E-state index contributed by atoms with van der Waals surface area (Å²) in [5.41, 5.74) is 0.668. The monoisotopic (exact) mass is 548 g/mol. The Balaban J connectivity index is 1.79. The van der Waals surface area contributed by atoms with Crippen LogP contribution in [-0.2, 0) is 27.7 Å². The van der Waals surface area contributed by atoms with Crippen LogP contribution in [0.2, 0.25) is 0 Å². The Morgan fingerprint density at radius 1 is 1.33 bits per heavy atom. The van der Waals surface area contributed by atoms with Crippen molar-refractivity contribution in [1.29, 1.82) is 0 Å². The molecule has 0 bridgehead atoms. The van der Waals surface area contributed by atoms with Crippen LogP contribution in [0, 0.1) is 21.7 Å². The summed E-state index contributed by atoms with van der Waals surface area (Å²) in [6, 6.07) is 4.82.